The van der Waals surface area contributed by atoms with Crippen LogP contribution in [0.1, 0.15) is 40.0 Å². The first-order valence-electron chi connectivity index (χ1n) is 5.56. The number of urea groups is 1. The molecule has 1 heterocycles. The molecule has 2 unspecified atom stereocenters. The molecule has 2 rings (SSSR count). The van der Waals surface area contributed by atoms with E-state index in [-0.39, 0.29) is 11.6 Å². The normalized spacial score (nSPS) is 32.8. The number of hydrogen-bond acceptors (Lipinski definition) is 1. The van der Waals surface area contributed by atoms with Gasteiger partial charge in [-0.05, 0) is 39.5 Å². The van der Waals surface area contributed by atoms with Crippen molar-refractivity contribution in [1.82, 2.24) is 10.2 Å². The third-order valence-corrected chi connectivity index (χ3v) is 3.44. The Hall–Kier alpha value is -0.730. The minimum absolute atomic E-state index is 0.0440. The standard InChI is InChI=1S/C11H20N2O/c1-11(2,3)13-7-8-5-4-6-9(8)12-10(13)14/h8-9H,4-7H2,1-3H3,(H,12,14). The third kappa shape index (κ3) is 1.60. The zero-order valence-electron chi connectivity index (χ0n) is 9.34. The van der Waals surface area contributed by atoms with E-state index in [0.29, 0.717) is 12.0 Å². The fourth-order valence-corrected chi connectivity index (χ4v) is 2.58. The van der Waals surface area contributed by atoms with Gasteiger partial charge in [0, 0.05) is 18.1 Å². The van der Waals surface area contributed by atoms with Crippen LogP contribution in [-0.2, 0) is 0 Å². The van der Waals surface area contributed by atoms with Gasteiger partial charge in [0.15, 0.2) is 0 Å². The molecule has 2 atom stereocenters. The Labute approximate surface area is 85.8 Å². The predicted octanol–water partition coefficient (Wildman–Crippen LogP) is 1.98. The highest BCUT2D eigenvalue weighted by atomic mass is 16.2. The molecule has 3 heteroatoms. The zero-order valence-corrected chi connectivity index (χ0v) is 9.34. The van der Waals surface area contributed by atoms with E-state index in [2.05, 4.69) is 26.1 Å². The van der Waals surface area contributed by atoms with E-state index in [1.54, 1.807) is 0 Å². The highest BCUT2D eigenvalue weighted by Gasteiger charge is 2.40. The van der Waals surface area contributed by atoms with Crippen LogP contribution in [0.25, 0.3) is 0 Å². The molecule has 3 nitrogen and oxygen atoms in total. The van der Waals surface area contributed by atoms with E-state index in [9.17, 15) is 4.79 Å². The Kier molecular flexibility index (Phi) is 2.20. The lowest BCUT2D eigenvalue weighted by molar-refractivity contribution is 0.100. The van der Waals surface area contributed by atoms with Crippen molar-refractivity contribution in [1.29, 1.82) is 0 Å². The fourth-order valence-electron chi connectivity index (χ4n) is 2.58. The van der Waals surface area contributed by atoms with Gasteiger partial charge in [0.1, 0.15) is 0 Å². The topological polar surface area (TPSA) is 32.3 Å². The number of nitrogens with zero attached hydrogens (tertiary/aromatic N) is 1. The molecule has 0 spiro atoms. The van der Waals surface area contributed by atoms with Gasteiger partial charge in [0.05, 0.1) is 0 Å². The number of fused-ring (bicyclic) bond motifs is 1. The molecule has 0 radical (unpaired) electrons. The second-order valence-corrected chi connectivity index (χ2v) is 5.53. The van der Waals surface area contributed by atoms with Gasteiger partial charge < -0.3 is 10.2 Å². The Morgan fingerprint density at radius 3 is 2.71 bits per heavy atom. The molecule has 2 aliphatic rings. The maximum atomic E-state index is 11.8. The first kappa shape index (κ1) is 9.81. The number of carbonyl (C=O) groups excluding carboxylic acids is 1. The molecule has 0 bridgehead atoms. The first-order chi connectivity index (χ1) is 6.48. The van der Waals surface area contributed by atoms with E-state index >= 15 is 0 Å². The van der Waals surface area contributed by atoms with Gasteiger partial charge in [-0.25, -0.2) is 4.79 Å². The lowest BCUT2D eigenvalue weighted by Gasteiger charge is -2.43. The molecular weight excluding hydrogens is 176 g/mol. The van der Waals surface area contributed by atoms with Crippen LogP contribution in [-0.4, -0.2) is 29.1 Å². The SMILES string of the molecule is CC(C)(C)N1CC2CCCC2NC1=O. The average Bonchev–Trinajstić information content (AvgIpc) is 2.47. The molecule has 2 fully saturated rings. The highest BCUT2D eigenvalue weighted by molar-refractivity contribution is 5.76. The summed E-state index contributed by atoms with van der Waals surface area (Å²) < 4.78 is 0. The molecule has 1 aliphatic heterocycles. The quantitative estimate of drug-likeness (QED) is 0.631. The highest BCUT2D eigenvalue weighted by Crippen LogP contribution is 2.31. The molecular formula is C11H20N2O. The van der Waals surface area contributed by atoms with Crippen molar-refractivity contribution in [3.63, 3.8) is 0 Å². The van der Waals surface area contributed by atoms with E-state index < -0.39 is 0 Å². The molecule has 80 valence electrons. The van der Waals surface area contributed by atoms with Gasteiger partial charge in [-0.3, -0.25) is 0 Å². The largest absolute Gasteiger partial charge is 0.335 e. The van der Waals surface area contributed by atoms with Crippen LogP contribution in [0.15, 0.2) is 0 Å². The Bertz CT molecular complexity index is 244. The van der Waals surface area contributed by atoms with Gasteiger partial charge in [-0.15, -0.1) is 0 Å². The summed E-state index contributed by atoms with van der Waals surface area (Å²) in [6.45, 7) is 7.24. The number of amides is 2. The molecule has 1 saturated heterocycles. The molecule has 14 heavy (non-hydrogen) atoms. The van der Waals surface area contributed by atoms with E-state index in [1.807, 2.05) is 4.90 Å². The molecule has 2 amide bonds. The van der Waals surface area contributed by atoms with Gasteiger partial charge >= 0.3 is 6.03 Å². The van der Waals surface area contributed by atoms with Crippen LogP contribution in [0.4, 0.5) is 4.79 Å². The van der Waals surface area contributed by atoms with Crippen LogP contribution >= 0.6 is 0 Å². The van der Waals surface area contributed by atoms with Gasteiger partial charge in [0.25, 0.3) is 0 Å². The minimum atomic E-state index is -0.0440. The summed E-state index contributed by atoms with van der Waals surface area (Å²) in [7, 11) is 0. The van der Waals surface area contributed by atoms with Gasteiger partial charge in [-0.2, -0.15) is 0 Å². The Morgan fingerprint density at radius 2 is 2.07 bits per heavy atom. The molecule has 1 saturated carbocycles. The summed E-state index contributed by atoms with van der Waals surface area (Å²) in [5, 5.41) is 3.12. The number of hydrogen-bond donors (Lipinski definition) is 1. The van der Waals surface area contributed by atoms with Crippen molar-refractivity contribution < 1.29 is 4.79 Å². The number of nitrogens with one attached hydrogen (secondary N) is 1. The van der Waals surface area contributed by atoms with Crippen LogP contribution < -0.4 is 5.32 Å². The van der Waals surface area contributed by atoms with Crippen molar-refractivity contribution in [2.24, 2.45) is 5.92 Å². The molecule has 0 aromatic heterocycles. The zero-order chi connectivity index (χ0) is 10.3. The third-order valence-electron chi connectivity index (χ3n) is 3.44. The van der Waals surface area contributed by atoms with Crippen molar-refractivity contribution in [3.8, 4) is 0 Å². The molecule has 0 aromatic carbocycles. The second kappa shape index (κ2) is 3.14. The van der Waals surface area contributed by atoms with Crippen LogP contribution in [0, 0.1) is 5.92 Å². The fraction of sp³-hybridized carbons (Fsp3) is 0.909. The lowest BCUT2D eigenvalue weighted by Crippen LogP contribution is -2.60. The second-order valence-electron chi connectivity index (χ2n) is 5.53. The monoisotopic (exact) mass is 196 g/mol. The number of carbonyl (C=O) groups is 1. The Morgan fingerprint density at radius 1 is 1.36 bits per heavy atom. The van der Waals surface area contributed by atoms with Crippen molar-refractivity contribution in [3.05, 3.63) is 0 Å². The molecule has 1 aliphatic carbocycles. The van der Waals surface area contributed by atoms with Crippen molar-refractivity contribution in [2.45, 2.75) is 51.6 Å². The minimum Gasteiger partial charge on any atom is -0.335 e. The van der Waals surface area contributed by atoms with Crippen molar-refractivity contribution >= 4 is 6.03 Å². The van der Waals surface area contributed by atoms with Crippen LogP contribution in [0.5, 0.6) is 0 Å². The maximum absolute atomic E-state index is 11.8. The van der Waals surface area contributed by atoms with Crippen LogP contribution in [0.3, 0.4) is 0 Å². The summed E-state index contributed by atoms with van der Waals surface area (Å²) in [6.07, 6.45) is 3.72. The predicted molar refractivity (Wildman–Crippen MR) is 56.1 cm³/mol. The number of rotatable bonds is 0. The van der Waals surface area contributed by atoms with E-state index in [1.165, 1.54) is 19.3 Å². The van der Waals surface area contributed by atoms with E-state index in [4.69, 9.17) is 0 Å². The van der Waals surface area contributed by atoms with Crippen LogP contribution in [0.2, 0.25) is 0 Å². The summed E-state index contributed by atoms with van der Waals surface area (Å²) in [6, 6.07) is 0.585. The average molecular weight is 196 g/mol. The van der Waals surface area contributed by atoms with Crippen molar-refractivity contribution in [2.75, 3.05) is 6.54 Å². The lowest BCUT2D eigenvalue weighted by atomic mass is 9.96. The summed E-state index contributed by atoms with van der Waals surface area (Å²) >= 11 is 0. The molecule has 1 N–H and O–H groups in total. The summed E-state index contributed by atoms with van der Waals surface area (Å²) in [5.74, 6) is 0.687. The first-order valence-corrected chi connectivity index (χ1v) is 5.56. The summed E-state index contributed by atoms with van der Waals surface area (Å²) in [4.78, 5) is 13.8. The van der Waals surface area contributed by atoms with E-state index in [0.717, 1.165) is 6.54 Å². The molecule has 0 aromatic rings. The maximum Gasteiger partial charge on any atom is 0.318 e. The smallest absolute Gasteiger partial charge is 0.318 e. The summed E-state index contributed by atoms with van der Waals surface area (Å²) in [5.41, 5.74) is -0.0440. The van der Waals surface area contributed by atoms with Gasteiger partial charge in [0.2, 0.25) is 0 Å². The Balaban J connectivity index is 2.10. The van der Waals surface area contributed by atoms with Gasteiger partial charge in [-0.1, -0.05) is 6.42 Å².